The molecule has 17 heavy (non-hydrogen) atoms. The highest BCUT2D eigenvalue weighted by Crippen LogP contribution is 2.28. The molecule has 1 aromatic carbocycles. The van der Waals surface area contributed by atoms with Gasteiger partial charge < -0.3 is 9.84 Å². The molecule has 0 fully saturated rings. The van der Waals surface area contributed by atoms with E-state index in [4.69, 9.17) is 4.74 Å². The topological polar surface area (TPSA) is 46.5 Å². The van der Waals surface area contributed by atoms with Gasteiger partial charge in [-0.25, -0.2) is 4.79 Å². The molecule has 1 N–H and O–H groups in total. The molecule has 94 valence electrons. The van der Waals surface area contributed by atoms with Crippen LogP contribution in [0, 0.1) is 13.8 Å². The molecule has 3 heteroatoms. The van der Waals surface area contributed by atoms with Crippen molar-refractivity contribution in [1.29, 1.82) is 0 Å². The summed E-state index contributed by atoms with van der Waals surface area (Å²) in [6.07, 6.45) is -0.141. The van der Waals surface area contributed by atoms with E-state index in [-0.39, 0.29) is 6.10 Å². The van der Waals surface area contributed by atoms with Gasteiger partial charge in [-0.05, 0) is 51.3 Å². The molecule has 1 rings (SSSR count). The van der Waals surface area contributed by atoms with Crippen LogP contribution < -0.4 is 0 Å². The average Bonchev–Trinajstić information content (AvgIpc) is 2.20. The minimum Gasteiger partial charge on any atom is -0.479 e. The van der Waals surface area contributed by atoms with Crippen LogP contribution in [0.4, 0.5) is 0 Å². The number of ether oxygens (including phenoxy) is 1. The second-order valence-electron chi connectivity index (χ2n) is 4.80. The number of carbonyl (C=O) groups is 1. The molecule has 0 aromatic heterocycles. The summed E-state index contributed by atoms with van der Waals surface area (Å²) in [5, 5.41) is 9.37. The van der Waals surface area contributed by atoms with Crippen molar-refractivity contribution in [2.45, 2.75) is 46.3 Å². The molecule has 0 heterocycles. The summed E-state index contributed by atoms with van der Waals surface area (Å²) in [5.41, 5.74) is 1.61. The van der Waals surface area contributed by atoms with Crippen LogP contribution in [0.5, 0.6) is 0 Å². The monoisotopic (exact) mass is 236 g/mol. The van der Waals surface area contributed by atoms with Gasteiger partial charge in [-0.1, -0.05) is 18.2 Å². The molecular formula is C14H20O3. The molecule has 1 unspecified atom stereocenters. The molecule has 1 atom stereocenters. The smallest absolute Gasteiger partial charge is 0.340 e. The van der Waals surface area contributed by atoms with Crippen molar-refractivity contribution in [2.24, 2.45) is 0 Å². The highest BCUT2D eigenvalue weighted by atomic mass is 16.5. The number of carboxylic acid groups (broad SMARTS) is 1. The van der Waals surface area contributed by atoms with Crippen LogP contribution >= 0.6 is 0 Å². The highest BCUT2D eigenvalue weighted by Gasteiger charge is 2.37. The van der Waals surface area contributed by atoms with E-state index < -0.39 is 11.6 Å². The van der Waals surface area contributed by atoms with Crippen LogP contribution in [0.25, 0.3) is 0 Å². The van der Waals surface area contributed by atoms with Crippen molar-refractivity contribution in [2.75, 3.05) is 0 Å². The summed E-state index contributed by atoms with van der Waals surface area (Å²) in [4.78, 5) is 11.4. The fourth-order valence-electron chi connectivity index (χ4n) is 1.75. The van der Waals surface area contributed by atoms with Gasteiger partial charge in [0.25, 0.3) is 0 Å². The Labute approximate surface area is 102 Å². The lowest BCUT2D eigenvalue weighted by Gasteiger charge is -2.28. The Kier molecular flexibility index (Phi) is 3.94. The minimum absolute atomic E-state index is 0.141. The Hall–Kier alpha value is -1.35. The van der Waals surface area contributed by atoms with Crippen LogP contribution in [-0.2, 0) is 15.1 Å². The maximum Gasteiger partial charge on any atom is 0.340 e. The average molecular weight is 236 g/mol. The van der Waals surface area contributed by atoms with Crippen LogP contribution in [0.1, 0.15) is 37.5 Å². The molecule has 0 aliphatic rings. The summed E-state index contributed by atoms with van der Waals surface area (Å²) in [6, 6.07) is 5.63. The minimum atomic E-state index is -1.29. The first kappa shape index (κ1) is 13.7. The summed E-state index contributed by atoms with van der Waals surface area (Å²) < 4.78 is 5.58. The largest absolute Gasteiger partial charge is 0.479 e. The Morgan fingerprint density at radius 1 is 1.29 bits per heavy atom. The summed E-state index contributed by atoms with van der Waals surface area (Å²) in [5.74, 6) is -0.963. The predicted molar refractivity (Wildman–Crippen MR) is 67.1 cm³/mol. The molecule has 0 saturated carbocycles. The molecule has 1 aromatic rings. The van der Waals surface area contributed by atoms with E-state index in [0.717, 1.165) is 11.1 Å². The van der Waals surface area contributed by atoms with Crippen molar-refractivity contribution >= 4 is 5.97 Å². The molecule has 0 aliphatic carbocycles. The summed E-state index contributed by atoms with van der Waals surface area (Å²) in [6.45, 7) is 9.24. The number of rotatable bonds is 4. The third kappa shape index (κ3) is 2.86. The zero-order chi connectivity index (χ0) is 13.2. The summed E-state index contributed by atoms with van der Waals surface area (Å²) >= 11 is 0. The first-order valence-electron chi connectivity index (χ1n) is 5.76. The Balaban J connectivity index is 3.22. The normalized spacial score (nSPS) is 14.7. The fourth-order valence-corrected chi connectivity index (χ4v) is 1.75. The van der Waals surface area contributed by atoms with Crippen LogP contribution in [0.15, 0.2) is 18.2 Å². The van der Waals surface area contributed by atoms with Gasteiger partial charge in [0.15, 0.2) is 5.60 Å². The predicted octanol–water partition coefficient (Wildman–Crippen LogP) is 3.03. The molecular weight excluding hydrogens is 216 g/mol. The lowest BCUT2D eigenvalue weighted by molar-refractivity contribution is -0.170. The number of aryl methyl sites for hydroxylation is 2. The van der Waals surface area contributed by atoms with Gasteiger partial charge in [-0.3, -0.25) is 0 Å². The number of aliphatic carboxylic acids is 1. The molecule has 0 aliphatic heterocycles. The molecule has 0 amide bonds. The Morgan fingerprint density at radius 3 is 2.29 bits per heavy atom. The number of hydrogen-bond donors (Lipinski definition) is 1. The van der Waals surface area contributed by atoms with Crippen molar-refractivity contribution < 1.29 is 14.6 Å². The van der Waals surface area contributed by atoms with Gasteiger partial charge in [-0.2, -0.15) is 0 Å². The zero-order valence-electron chi connectivity index (χ0n) is 11.1. The van der Waals surface area contributed by atoms with Gasteiger partial charge in [0.1, 0.15) is 0 Å². The van der Waals surface area contributed by atoms with Gasteiger partial charge >= 0.3 is 5.97 Å². The van der Waals surface area contributed by atoms with Gasteiger partial charge in [0, 0.05) is 0 Å². The highest BCUT2D eigenvalue weighted by molar-refractivity contribution is 5.79. The van der Waals surface area contributed by atoms with E-state index in [0.29, 0.717) is 5.56 Å². The van der Waals surface area contributed by atoms with Crippen LogP contribution in [0.3, 0.4) is 0 Å². The Bertz CT molecular complexity index is 423. The standard InChI is InChI=1S/C14H20O3/c1-9(2)17-14(5,13(15)16)12-7-6-10(3)11(4)8-12/h6-9H,1-5H3,(H,15,16). The van der Waals surface area contributed by atoms with Crippen molar-refractivity contribution in [3.63, 3.8) is 0 Å². The number of hydrogen-bond acceptors (Lipinski definition) is 2. The van der Waals surface area contributed by atoms with Crippen molar-refractivity contribution in [3.8, 4) is 0 Å². The third-order valence-corrected chi connectivity index (χ3v) is 2.94. The zero-order valence-corrected chi connectivity index (χ0v) is 11.1. The van der Waals surface area contributed by atoms with E-state index in [2.05, 4.69) is 0 Å². The third-order valence-electron chi connectivity index (χ3n) is 2.94. The maximum atomic E-state index is 11.4. The molecule has 0 radical (unpaired) electrons. The second-order valence-corrected chi connectivity index (χ2v) is 4.80. The Morgan fingerprint density at radius 2 is 1.88 bits per heavy atom. The van der Waals surface area contributed by atoms with E-state index in [1.807, 2.05) is 45.9 Å². The second kappa shape index (κ2) is 4.88. The lowest BCUT2D eigenvalue weighted by atomic mass is 9.92. The van der Waals surface area contributed by atoms with Crippen LogP contribution in [-0.4, -0.2) is 17.2 Å². The molecule has 0 bridgehead atoms. The van der Waals surface area contributed by atoms with E-state index in [9.17, 15) is 9.90 Å². The van der Waals surface area contributed by atoms with Crippen molar-refractivity contribution in [3.05, 3.63) is 34.9 Å². The number of benzene rings is 1. The SMILES string of the molecule is Cc1ccc(C(C)(OC(C)C)C(=O)O)cc1C. The van der Waals surface area contributed by atoms with Crippen molar-refractivity contribution in [1.82, 2.24) is 0 Å². The quantitative estimate of drug-likeness (QED) is 0.874. The van der Waals surface area contributed by atoms with Gasteiger partial charge in [0.2, 0.25) is 0 Å². The molecule has 0 saturated heterocycles. The van der Waals surface area contributed by atoms with E-state index in [1.165, 1.54) is 0 Å². The maximum absolute atomic E-state index is 11.4. The fraction of sp³-hybridized carbons (Fsp3) is 0.500. The van der Waals surface area contributed by atoms with Crippen LogP contribution in [0.2, 0.25) is 0 Å². The number of carboxylic acids is 1. The first-order chi connectivity index (χ1) is 7.77. The molecule has 0 spiro atoms. The lowest BCUT2D eigenvalue weighted by Crippen LogP contribution is -2.37. The van der Waals surface area contributed by atoms with E-state index >= 15 is 0 Å². The van der Waals surface area contributed by atoms with E-state index in [1.54, 1.807) is 6.92 Å². The van der Waals surface area contributed by atoms with Gasteiger partial charge in [0.05, 0.1) is 6.10 Å². The van der Waals surface area contributed by atoms with Gasteiger partial charge in [-0.15, -0.1) is 0 Å². The molecule has 3 nitrogen and oxygen atoms in total. The summed E-state index contributed by atoms with van der Waals surface area (Å²) in [7, 11) is 0. The first-order valence-corrected chi connectivity index (χ1v) is 5.76.